The number of carboxylic acid groups (broad SMARTS) is 2. The molecule has 0 rings (SSSR count). The van der Waals surface area contributed by atoms with Crippen LogP contribution in [0, 0.1) is 17.8 Å². The molecular formula is C34H61N9O11. The van der Waals surface area contributed by atoms with Gasteiger partial charge in [-0.1, -0.05) is 41.5 Å². The summed E-state index contributed by atoms with van der Waals surface area (Å²) in [5.41, 5.74) is 16.7. The molecular weight excluding hydrogens is 710 g/mol. The average Bonchev–Trinajstić information content (AvgIpc) is 3.05. The van der Waals surface area contributed by atoms with Gasteiger partial charge >= 0.3 is 11.9 Å². The molecule has 0 aromatic rings. The Kier molecular flexibility index (Phi) is 23.0. The lowest BCUT2D eigenvalue weighted by molar-refractivity contribution is -0.144. The van der Waals surface area contributed by atoms with Gasteiger partial charge in [-0.15, -0.1) is 0 Å². The summed E-state index contributed by atoms with van der Waals surface area (Å²) in [7, 11) is 0. The number of aliphatic carboxylic acids is 2. The van der Waals surface area contributed by atoms with E-state index in [1.54, 1.807) is 13.8 Å². The summed E-state index contributed by atoms with van der Waals surface area (Å²) in [4.78, 5) is 114. The van der Waals surface area contributed by atoms with Crippen LogP contribution in [0.1, 0.15) is 92.9 Å². The van der Waals surface area contributed by atoms with Crippen LogP contribution in [-0.4, -0.2) is 113 Å². The highest BCUT2D eigenvalue weighted by Gasteiger charge is 2.34. The van der Waals surface area contributed by atoms with E-state index in [2.05, 4.69) is 31.9 Å². The Hall–Kier alpha value is -4.85. The number of unbranched alkanes of at least 4 members (excludes halogenated alkanes) is 1. The highest BCUT2D eigenvalue weighted by molar-refractivity contribution is 5.97. The summed E-state index contributed by atoms with van der Waals surface area (Å²) in [5.74, 6) is -9.46. The van der Waals surface area contributed by atoms with Gasteiger partial charge in [0.1, 0.15) is 30.2 Å². The van der Waals surface area contributed by atoms with Crippen molar-refractivity contribution >= 4 is 53.3 Å². The van der Waals surface area contributed by atoms with Crippen molar-refractivity contribution in [3.63, 3.8) is 0 Å². The van der Waals surface area contributed by atoms with Crippen LogP contribution in [0.5, 0.6) is 0 Å². The number of carbonyl (C=O) groups excluding carboxylic acids is 7. The predicted molar refractivity (Wildman–Crippen MR) is 196 cm³/mol. The summed E-state index contributed by atoms with van der Waals surface area (Å²) in [5, 5.41) is 33.3. The molecule has 0 spiro atoms. The summed E-state index contributed by atoms with van der Waals surface area (Å²) in [6.07, 6.45) is -0.244. The molecule has 6 atom stereocenters. The van der Waals surface area contributed by atoms with Gasteiger partial charge in [-0.25, -0.2) is 4.79 Å². The zero-order chi connectivity index (χ0) is 41.7. The van der Waals surface area contributed by atoms with E-state index in [0.717, 1.165) is 0 Å². The van der Waals surface area contributed by atoms with Crippen molar-refractivity contribution in [2.45, 2.75) is 129 Å². The monoisotopic (exact) mass is 771 g/mol. The molecule has 0 aliphatic rings. The van der Waals surface area contributed by atoms with Crippen molar-refractivity contribution in [3.8, 4) is 0 Å². The lowest BCUT2D eigenvalue weighted by atomic mass is 10.0. The second kappa shape index (κ2) is 25.2. The number of carboxylic acids is 2. The van der Waals surface area contributed by atoms with Gasteiger partial charge in [0.25, 0.3) is 0 Å². The van der Waals surface area contributed by atoms with Gasteiger partial charge in [0.2, 0.25) is 41.4 Å². The molecule has 0 saturated heterocycles. The summed E-state index contributed by atoms with van der Waals surface area (Å²) < 4.78 is 0. The molecule has 308 valence electrons. The smallest absolute Gasteiger partial charge is 0.326 e. The fourth-order valence-corrected chi connectivity index (χ4v) is 5.15. The largest absolute Gasteiger partial charge is 0.481 e. The fraction of sp³-hybridized carbons (Fsp3) is 0.735. The van der Waals surface area contributed by atoms with Gasteiger partial charge in [-0.2, -0.15) is 0 Å². The Morgan fingerprint density at radius 1 is 0.611 bits per heavy atom. The van der Waals surface area contributed by atoms with Crippen molar-refractivity contribution < 1.29 is 53.4 Å². The highest BCUT2D eigenvalue weighted by Crippen LogP contribution is 2.10. The first-order valence-electron chi connectivity index (χ1n) is 18.1. The Bertz CT molecular complexity index is 1310. The Balaban J connectivity index is 6.17. The van der Waals surface area contributed by atoms with E-state index in [-0.39, 0.29) is 31.1 Å². The molecule has 0 saturated carbocycles. The third kappa shape index (κ3) is 20.4. The van der Waals surface area contributed by atoms with E-state index in [4.69, 9.17) is 17.2 Å². The second-order valence-electron chi connectivity index (χ2n) is 14.3. The standard InChI is InChI=1S/C34H61N9O11/c1-17(2)13-20(36)29(48)38-16-26(45)39-21(9-7-8-12-35)30(49)41-23(14-18(3)4)32(51)40-22(10-11-25(37)44)31(50)42-24(15-27(46)47)33(52)43-28(19(5)6)34(53)54/h17-24,28H,7-16,35-36H2,1-6H3,(H2,37,44)(H,38,48)(H,39,45)(H,40,51)(H,41,49)(H,42,50)(H,43,52)(H,46,47)(H,53,54)/t20-,21-,22-,23-,24-,28-/m0/s1. The van der Waals surface area contributed by atoms with Crippen LogP contribution in [0.3, 0.4) is 0 Å². The van der Waals surface area contributed by atoms with E-state index >= 15 is 0 Å². The Morgan fingerprint density at radius 2 is 1.11 bits per heavy atom. The van der Waals surface area contributed by atoms with E-state index in [0.29, 0.717) is 25.8 Å². The number of nitrogens with one attached hydrogen (secondary N) is 6. The maximum atomic E-state index is 13.7. The zero-order valence-electron chi connectivity index (χ0n) is 32.1. The third-order valence-electron chi connectivity index (χ3n) is 7.98. The lowest BCUT2D eigenvalue weighted by Gasteiger charge is -2.27. The molecule has 0 aliphatic carbocycles. The van der Waals surface area contributed by atoms with Crippen molar-refractivity contribution in [1.82, 2.24) is 31.9 Å². The molecule has 0 fully saturated rings. The topological polar surface area (TPSA) is 344 Å². The minimum absolute atomic E-state index is 0.0464. The molecule has 0 aromatic heterocycles. The Morgan fingerprint density at radius 3 is 1.59 bits per heavy atom. The molecule has 0 bridgehead atoms. The number of carbonyl (C=O) groups is 9. The average molecular weight is 772 g/mol. The third-order valence-corrected chi connectivity index (χ3v) is 7.98. The number of nitrogens with two attached hydrogens (primary N) is 3. The van der Waals surface area contributed by atoms with Crippen LogP contribution in [0.15, 0.2) is 0 Å². The van der Waals surface area contributed by atoms with E-state index in [1.807, 2.05) is 13.8 Å². The molecule has 0 aromatic carbocycles. The van der Waals surface area contributed by atoms with E-state index in [9.17, 15) is 53.4 Å². The van der Waals surface area contributed by atoms with Gasteiger partial charge in [0.15, 0.2) is 0 Å². The normalized spacial score (nSPS) is 14.5. The SMILES string of the molecule is CC(C)C[C@H](NC(=O)[C@H](CCCCN)NC(=O)CNC(=O)[C@@H](N)CC(C)C)C(=O)N[C@@H](CCC(N)=O)C(=O)N[C@@H](CC(=O)O)C(=O)N[C@H](C(=O)O)C(C)C. The van der Waals surface area contributed by atoms with E-state index < -0.39 is 115 Å². The quantitative estimate of drug-likeness (QED) is 0.0387. The molecule has 54 heavy (non-hydrogen) atoms. The van der Waals surface area contributed by atoms with Gasteiger partial charge in [0.05, 0.1) is 19.0 Å². The van der Waals surface area contributed by atoms with Crippen LogP contribution in [0.2, 0.25) is 0 Å². The minimum atomic E-state index is -1.77. The van der Waals surface area contributed by atoms with Crippen molar-refractivity contribution in [2.75, 3.05) is 13.1 Å². The number of hydrogen-bond donors (Lipinski definition) is 11. The molecule has 20 nitrogen and oxygen atoms in total. The summed E-state index contributed by atoms with van der Waals surface area (Å²) in [6.45, 7) is 10.2. The van der Waals surface area contributed by atoms with E-state index in [1.165, 1.54) is 13.8 Å². The zero-order valence-corrected chi connectivity index (χ0v) is 32.1. The molecule has 0 radical (unpaired) electrons. The van der Waals surface area contributed by atoms with Gasteiger partial charge in [-0.05, 0) is 62.8 Å². The molecule has 7 amide bonds. The second-order valence-corrected chi connectivity index (χ2v) is 14.3. The maximum absolute atomic E-state index is 13.7. The first-order chi connectivity index (χ1) is 25.1. The minimum Gasteiger partial charge on any atom is -0.481 e. The van der Waals surface area contributed by atoms with Gasteiger partial charge in [-0.3, -0.25) is 38.4 Å². The maximum Gasteiger partial charge on any atom is 0.326 e. The molecule has 0 unspecified atom stereocenters. The van der Waals surface area contributed by atoms with Crippen LogP contribution < -0.4 is 49.1 Å². The number of hydrogen-bond acceptors (Lipinski definition) is 11. The van der Waals surface area contributed by atoms with Crippen LogP contribution in [0.25, 0.3) is 0 Å². The van der Waals surface area contributed by atoms with Crippen molar-refractivity contribution in [3.05, 3.63) is 0 Å². The number of rotatable bonds is 27. The van der Waals surface area contributed by atoms with Gasteiger partial charge in [0, 0.05) is 6.42 Å². The van der Waals surface area contributed by atoms with Gasteiger partial charge < -0.3 is 59.3 Å². The first kappa shape index (κ1) is 49.1. The summed E-state index contributed by atoms with van der Waals surface area (Å²) in [6, 6.07) is -8.02. The number of primary amides is 1. The van der Waals surface area contributed by atoms with Crippen LogP contribution in [-0.2, 0) is 43.2 Å². The molecule has 0 heterocycles. The number of amides is 7. The van der Waals surface area contributed by atoms with Crippen LogP contribution >= 0.6 is 0 Å². The molecule has 20 heteroatoms. The van der Waals surface area contributed by atoms with Crippen molar-refractivity contribution in [1.29, 1.82) is 0 Å². The van der Waals surface area contributed by atoms with Crippen molar-refractivity contribution in [2.24, 2.45) is 35.0 Å². The lowest BCUT2D eigenvalue weighted by Crippen LogP contribution is -2.59. The first-order valence-corrected chi connectivity index (χ1v) is 18.1. The Labute approximate surface area is 315 Å². The highest BCUT2D eigenvalue weighted by atomic mass is 16.4. The molecule has 0 aliphatic heterocycles. The predicted octanol–water partition coefficient (Wildman–Crippen LogP) is -2.44. The molecule has 14 N–H and O–H groups in total. The van der Waals surface area contributed by atoms with Crippen LogP contribution in [0.4, 0.5) is 0 Å². The fourth-order valence-electron chi connectivity index (χ4n) is 5.15. The summed E-state index contributed by atoms with van der Waals surface area (Å²) >= 11 is 0.